The third kappa shape index (κ3) is 2.11. The van der Waals surface area contributed by atoms with Gasteiger partial charge in [-0.3, -0.25) is 4.68 Å². The molecular formula is C11H18BrN3. The Morgan fingerprint density at radius 3 is 2.67 bits per heavy atom. The van der Waals surface area contributed by atoms with Crippen LogP contribution in [0.2, 0.25) is 0 Å². The van der Waals surface area contributed by atoms with Gasteiger partial charge >= 0.3 is 0 Å². The molecule has 0 radical (unpaired) electrons. The van der Waals surface area contributed by atoms with Crippen molar-refractivity contribution in [2.45, 2.75) is 38.6 Å². The molecule has 1 aromatic heterocycles. The van der Waals surface area contributed by atoms with Gasteiger partial charge in [-0.05, 0) is 41.6 Å². The number of halogens is 1. The molecule has 3 nitrogen and oxygen atoms in total. The minimum absolute atomic E-state index is 0.296. The first-order chi connectivity index (χ1) is 7.09. The summed E-state index contributed by atoms with van der Waals surface area (Å²) >= 11 is 3.58. The molecule has 0 spiro atoms. The first-order valence-corrected chi connectivity index (χ1v) is 6.32. The van der Waals surface area contributed by atoms with E-state index in [2.05, 4.69) is 21.0 Å². The third-order valence-electron chi connectivity index (χ3n) is 3.45. The molecular weight excluding hydrogens is 254 g/mol. The fourth-order valence-electron chi connectivity index (χ4n) is 2.16. The van der Waals surface area contributed by atoms with E-state index in [1.54, 1.807) is 0 Å². The van der Waals surface area contributed by atoms with Crippen LogP contribution in [0, 0.1) is 12.8 Å². The molecule has 1 saturated carbocycles. The van der Waals surface area contributed by atoms with E-state index in [4.69, 9.17) is 5.73 Å². The molecule has 1 aliphatic rings. The number of hydrogen-bond acceptors (Lipinski definition) is 2. The summed E-state index contributed by atoms with van der Waals surface area (Å²) < 4.78 is 3.07. The fraction of sp³-hybridized carbons (Fsp3) is 0.727. The Labute approximate surface area is 99.2 Å². The molecule has 1 fully saturated rings. The predicted octanol–water partition coefficient (Wildman–Crippen LogP) is 2.16. The van der Waals surface area contributed by atoms with Crippen molar-refractivity contribution in [2.75, 3.05) is 0 Å². The molecule has 2 rings (SSSR count). The molecule has 0 aromatic carbocycles. The third-order valence-corrected chi connectivity index (χ3v) is 4.48. The van der Waals surface area contributed by atoms with Gasteiger partial charge in [0.1, 0.15) is 0 Å². The number of aromatic nitrogens is 2. The van der Waals surface area contributed by atoms with Crippen molar-refractivity contribution in [3.05, 3.63) is 15.9 Å². The largest absolute Gasteiger partial charge is 0.327 e. The van der Waals surface area contributed by atoms with Crippen LogP contribution in [0.5, 0.6) is 0 Å². The molecule has 1 aromatic rings. The van der Waals surface area contributed by atoms with E-state index in [1.165, 1.54) is 25.0 Å². The van der Waals surface area contributed by atoms with Crippen molar-refractivity contribution in [2.24, 2.45) is 18.7 Å². The minimum atomic E-state index is 0.296. The van der Waals surface area contributed by atoms with Gasteiger partial charge in [-0.1, -0.05) is 6.42 Å². The molecule has 0 saturated heterocycles. The summed E-state index contributed by atoms with van der Waals surface area (Å²) in [7, 11) is 1.99. The monoisotopic (exact) mass is 271 g/mol. The van der Waals surface area contributed by atoms with Gasteiger partial charge in [0, 0.05) is 19.5 Å². The van der Waals surface area contributed by atoms with Crippen LogP contribution >= 0.6 is 15.9 Å². The zero-order valence-electron chi connectivity index (χ0n) is 9.33. The highest BCUT2D eigenvalue weighted by Gasteiger charge is 2.26. The van der Waals surface area contributed by atoms with E-state index in [0.29, 0.717) is 6.04 Å². The fourth-order valence-corrected chi connectivity index (χ4v) is 2.66. The lowest BCUT2D eigenvalue weighted by Crippen LogP contribution is -2.36. The Morgan fingerprint density at radius 1 is 1.60 bits per heavy atom. The van der Waals surface area contributed by atoms with Crippen LogP contribution < -0.4 is 5.73 Å². The Morgan fingerprint density at radius 2 is 2.27 bits per heavy atom. The maximum absolute atomic E-state index is 6.20. The van der Waals surface area contributed by atoms with Crippen LogP contribution in [0.1, 0.15) is 30.7 Å². The van der Waals surface area contributed by atoms with Crippen LogP contribution in [0.15, 0.2) is 4.47 Å². The molecule has 0 bridgehead atoms. The highest BCUT2D eigenvalue weighted by Crippen LogP contribution is 2.31. The van der Waals surface area contributed by atoms with Gasteiger partial charge in [-0.2, -0.15) is 5.10 Å². The summed E-state index contributed by atoms with van der Waals surface area (Å²) in [4.78, 5) is 0. The number of nitrogens with zero attached hydrogens (tertiary/aromatic N) is 2. The van der Waals surface area contributed by atoms with E-state index >= 15 is 0 Å². The highest BCUT2D eigenvalue weighted by atomic mass is 79.9. The van der Waals surface area contributed by atoms with Crippen molar-refractivity contribution >= 4 is 15.9 Å². The second-order valence-corrected chi connectivity index (χ2v) is 5.32. The Kier molecular flexibility index (Phi) is 3.16. The van der Waals surface area contributed by atoms with Gasteiger partial charge in [0.05, 0.1) is 15.9 Å². The number of hydrogen-bond donors (Lipinski definition) is 1. The predicted molar refractivity (Wildman–Crippen MR) is 64.7 cm³/mol. The number of aryl methyl sites for hydroxylation is 2. The van der Waals surface area contributed by atoms with Crippen LogP contribution in [0.4, 0.5) is 0 Å². The average molecular weight is 272 g/mol. The van der Waals surface area contributed by atoms with Crippen LogP contribution in [0.25, 0.3) is 0 Å². The molecule has 2 N–H and O–H groups in total. The Bertz CT molecular complexity index is 355. The van der Waals surface area contributed by atoms with Gasteiger partial charge < -0.3 is 5.73 Å². The summed E-state index contributed by atoms with van der Waals surface area (Å²) in [5, 5.41) is 4.38. The van der Waals surface area contributed by atoms with Crippen molar-refractivity contribution in [1.82, 2.24) is 9.78 Å². The first kappa shape index (κ1) is 11.1. The maximum atomic E-state index is 6.20. The van der Waals surface area contributed by atoms with E-state index < -0.39 is 0 Å². The summed E-state index contributed by atoms with van der Waals surface area (Å²) in [5.74, 6) is 0.729. The lowest BCUT2D eigenvalue weighted by Gasteiger charge is -2.31. The Hall–Kier alpha value is -0.350. The van der Waals surface area contributed by atoms with E-state index in [0.717, 1.165) is 22.5 Å². The summed E-state index contributed by atoms with van der Waals surface area (Å²) in [5.41, 5.74) is 8.47. The summed E-state index contributed by atoms with van der Waals surface area (Å²) in [6.07, 6.45) is 4.89. The molecule has 84 valence electrons. The molecule has 1 atom stereocenters. The van der Waals surface area contributed by atoms with Gasteiger partial charge in [0.2, 0.25) is 0 Å². The van der Waals surface area contributed by atoms with E-state index in [-0.39, 0.29) is 0 Å². The van der Waals surface area contributed by atoms with Crippen molar-refractivity contribution in [3.63, 3.8) is 0 Å². The van der Waals surface area contributed by atoms with E-state index in [1.807, 2.05) is 18.7 Å². The summed E-state index contributed by atoms with van der Waals surface area (Å²) in [6, 6.07) is 0.296. The highest BCUT2D eigenvalue weighted by molar-refractivity contribution is 9.10. The van der Waals surface area contributed by atoms with Crippen LogP contribution in [-0.2, 0) is 13.5 Å². The molecule has 15 heavy (non-hydrogen) atoms. The summed E-state index contributed by atoms with van der Waals surface area (Å²) in [6.45, 7) is 2.02. The first-order valence-electron chi connectivity index (χ1n) is 5.53. The molecule has 0 amide bonds. The Balaban J connectivity index is 2.09. The second kappa shape index (κ2) is 4.26. The molecule has 1 heterocycles. The van der Waals surface area contributed by atoms with Crippen molar-refractivity contribution in [3.8, 4) is 0 Å². The molecule has 1 aliphatic carbocycles. The van der Waals surface area contributed by atoms with E-state index in [9.17, 15) is 0 Å². The molecule has 0 aliphatic heterocycles. The molecule has 4 heteroatoms. The standard InChI is InChI=1S/C11H18BrN3/c1-7-11(12)10(15(2)14-7)6-9(13)8-4-3-5-8/h8-9H,3-6,13H2,1-2H3. The lowest BCUT2D eigenvalue weighted by molar-refractivity contribution is 0.258. The maximum Gasteiger partial charge on any atom is 0.0738 e. The van der Waals surface area contributed by atoms with Crippen molar-refractivity contribution in [1.29, 1.82) is 0 Å². The van der Waals surface area contributed by atoms with Gasteiger partial charge in [-0.25, -0.2) is 0 Å². The SMILES string of the molecule is Cc1nn(C)c(CC(N)C2CCC2)c1Br. The quantitative estimate of drug-likeness (QED) is 0.916. The topological polar surface area (TPSA) is 43.8 Å². The number of nitrogens with two attached hydrogens (primary N) is 1. The van der Waals surface area contributed by atoms with Gasteiger partial charge in [0.25, 0.3) is 0 Å². The normalized spacial score (nSPS) is 18.9. The molecule has 1 unspecified atom stereocenters. The second-order valence-electron chi connectivity index (χ2n) is 4.53. The number of rotatable bonds is 3. The van der Waals surface area contributed by atoms with Crippen molar-refractivity contribution < 1.29 is 0 Å². The smallest absolute Gasteiger partial charge is 0.0738 e. The van der Waals surface area contributed by atoms with Crippen LogP contribution in [0.3, 0.4) is 0 Å². The van der Waals surface area contributed by atoms with Gasteiger partial charge in [0.15, 0.2) is 0 Å². The van der Waals surface area contributed by atoms with Crippen LogP contribution in [-0.4, -0.2) is 15.8 Å². The van der Waals surface area contributed by atoms with Gasteiger partial charge in [-0.15, -0.1) is 0 Å². The average Bonchev–Trinajstić information content (AvgIpc) is 2.29. The zero-order valence-corrected chi connectivity index (χ0v) is 10.9. The minimum Gasteiger partial charge on any atom is -0.327 e. The lowest BCUT2D eigenvalue weighted by atomic mass is 9.78. The zero-order chi connectivity index (χ0) is 11.0.